The molecular formula is C22H23ClIN7. The Bertz CT molecular complexity index is 1130. The Morgan fingerprint density at radius 1 is 0.935 bits per heavy atom. The summed E-state index contributed by atoms with van der Waals surface area (Å²) >= 11 is 2.33. The van der Waals surface area contributed by atoms with Crippen molar-refractivity contribution < 1.29 is 0 Å². The van der Waals surface area contributed by atoms with Gasteiger partial charge in [0.15, 0.2) is 0 Å². The number of nitrogens with zero attached hydrogens (tertiary/aromatic N) is 5. The Morgan fingerprint density at radius 3 is 2.32 bits per heavy atom. The third-order valence-electron chi connectivity index (χ3n) is 4.86. The standard InChI is InChI=1S/C22H22IN7.ClH/c1-3-18-20(23)22(26-19(4-2)25-18)24-13-14-9-11-15(12-10-14)16-7-5-6-8-17(16)21-27-29-30-28-21;/h5-12H,3-4,13H2,1-2H3,(H,24,25,26)(H,27,28,29,30);1H. The van der Waals surface area contributed by atoms with Crippen molar-refractivity contribution in [3.8, 4) is 22.5 Å². The molecule has 4 aromatic rings. The number of benzene rings is 2. The first-order chi connectivity index (χ1) is 14.7. The first kappa shape index (κ1) is 23.1. The van der Waals surface area contributed by atoms with Crippen molar-refractivity contribution in [1.29, 1.82) is 0 Å². The summed E-state index contributed by atoms with van der Waals surface area (Å²) in [5, 5.41) is 17.9. The molecule has 2 aromatic heterocycles. The lowest BCUT2D eigenvalue weighted by molar-refractivity contribution is 0.875. The number of rotatable bonds is 7. The van der Waals surface area contributed by atoms with Gasteiger partial charge in [-0.05, 0) is 50.9 Å². The number of nitrogens with one attached hydrogen (secondary N) is 2. The van der Waals surface area contributed by atoms with Crippen LogP contribution in [0.4, 0.5) is 5.82 Å². The molecule has 0 amide bonds. The highest BCUT2D eigenvalue weighted by atomic mass is 127. The molecule has 0 bridgehead atoms. The molecule has 2 N–H and O–H groups in total. The first-order valence-corrected chi connectivity index (χ1v) is 11.0. The number of aromatic amines is 1. The van der Waals surface area contributed by atoms with E-state index in [4.69, 9.17) is 0 Å². The fourth-order valence-corrected chi connectivity index (χ4v) is 4.06. The maximum atomic E-state index is 4.67. The van der Waals surface area contributed by atoms with E-state index in [1.807, 2.05) is 18.2 Å². The predicted molar refractivity (Wildman–Crippen MR) is 133 cm³/mol. The summed E-state index contributed by atoms with van der Waals surface area (Å²) in [4.78, 5) is 9.29. The van der Waals surface area contributed by atoms with E-state index in [1.165, 1.54) is 5.56 Å². The van der Waals surface area contributed by atoms with E-state index in [9.17, 15) is 0 Å². The number of hydrogen-bond acceptors (Lipinski definition) is 6. The summed E-state index contributed by atoms with van der Waals surface area (Å²) in [7, 11) is 0. The molecule has 0 unspecified atom stereocenters. The van der Waals surface area contributed by atoms with Crippen LogP contribution in [-0.4, -0.2) is 30.6 Å². The molecular weight excluding hydrogens is 525 g/mol. The maximum absolute atomic E-state index is 4.67. The second-order valence-electron chi connectivity index (χ2n) is 6.79. The first-order valence-electron chi connectivity index (χ1n) is 9.90. The number of H-pyrrole nitrogens is 1. The Balaban J connectivity index is 0.00000272. The summed E-state index contributed by atoms with van der Waals surface area (Å²) in [5.41, 5.74) is 5.41. The molecule has 0 fully saturated rings. The van der Waals surface area contributed by atoms with Gasteiger partial charge in [0.2, 0.25) is 5.82 Å². The molecule has 0 aliphatic heterocycles. The van der Waals surface area contributed by atoms with Gasteiger partial charge in [0.1, 0.15) is 11.6 Å². The molecule has 9 heteroatoms. The monoisotopic (exact) mass is 547 g/mol. The number of halogens is 2. The number of aryl methyl sites for hydroxylation is 2. The highest BCUT2D eigenvalue weighted by Crippen LogP contribution is 2.30. The van der Waals surface area contributed by atoms with Crippen molar-refractivity contribution >= 4 is 40.8 Å². The number of tetrazole rings is 1. The number of hydrogen-bond donors (Lipinski definition) is 2. The molecule has 31 heavy (non-hydrogen) atoms. The van der Waals surface area contributed by atoms with Crippen molar-refractivity contribution in [3.05, 3.63) is 69.2 Å². The molecule has 0 saturated heterocycles. The summed E-state index contributed by atoms with van der Waals surface area (Å²) in [6.07, 6.45) is 1.73. The van der Waals surface area contributed by atoms with E-state index in [2.05, 4.69) is 103 Å². The smallest absolute Gasteiger partial charge is 0.205 e. The van der Waals surface area contributed by atoms with E-state index in [1.54, 1.807) is 0 Å². The van der Waals surface area contributed by atoms with Gasteiger partial charge in [0, 0.05) is 18.5 Å². The minimum absolute atomic E-state index is 0. The summed E-state index contributed by atoms with van der Waals surface area (Å²) in [6, 6.07) is 16.6. The molecule has 2 heterocycles. The lowest BCUT2D eigenvalue weighted by atomic mass is 9.98. The zero-order chi connectivity index (χ0) is 20.9. The van der Waals surface area contributed by atoms with Crippen molar-refractivity contribution in [2.75, 3.05) is 5.32 Å². The second-order valence-corrected chi connectivity index (χ2v) is 7.87. The van der Waals surface area contributed by atoms with Crippen LogP contribution in [0.2, 0.25) is 0 Å². The summed E-state index contributed by atoms with van der Waals surface area (Å²) in [5.74, 6) is 2.38. The van der Waals surface area contributed by atoms with Gasteiger partial charge in [-0.25, -0.2) is 9.97 Å². The largest absolute Gasteiger partial charge is 0.365 e. The third kappa shape index (κ3) is 5.19. The fraction of sp³-hybridized carbons (Fsp3) is 0.227. The van der Waals surface area contributed by atoms with Crippen LogP contribution >= 0.6 is 35.0 Å². The lowest BCUT2D eigenvalue weighted by Gasteiger charge is -2.12. The van der Waals surface area contributed by atoms with Crippen LogP contribution in [0.25, 0.3) is 22.5 Å². The lowest BCUT2D eigenvalue weighted by Crippen LogP contribution is -2.09. The highest BCUT2D eigenvalue weighted by Gasteiger charge is 2.12. The van der Waals surface area contributed by atoms with Gasteiger partial charge in [-0.2, -0.15) is 5.21 Å². The quantitative estimate of drug-likeness (QED) is 0.313. The van der Waals surface area contributed by atoms with Gasteiger partial charge in [0.25, 0.3) is 0 Å². The maximum Gasteiger partial charge on any atom is 0.205 e. The topological polar surface area (TPSA) is 92.3 Å². The van der Waals surface area contributed by atoms with Gasteiger partial charge >= 0.3 is 0 Å². The van der Waals surface area contributed by atoms with E-state index in [0.29, 0.717) is 12.4 Å². The second kappa shape index (κ2) is 10.6. The average molecular weight is 548 g/mol. The van der Waals surface area contributed by atoms with Crippen LogP contribution in [0, 0.1) is 3.57 Å². The SMILES string of the molecule is CCc1nc(CC)c(I)c(NCc2ccc(-c3ccccc3-c3nn[nH]n3)cc2)n1.Cl. The normalized spacial score (nSPS) is 10.5. The predicted octanol–water partition coefficient (Wildman–Crippen LogP) is 5.09. The molecule has 2 aromatic carbocycles. The summed E-state index contributed by atoms with van der Waals surface area (Å²) < 4.78 is 1.10. The van der Waals surface area contributed by atoms with Gasteiger partial charge in [-0.3, -0.25) is 0 Å². The number of anilines is 1. The molecule has 7 nitrogen and oxygen atoms in total. The zero-order valence-corrected chi connectivity index (χ0v) is 20.2. The van der Waals surface area contributed by atoms with Gasteiger partial charge < -0.3 is 5.32 Å². The van der Waals surface area contributed by atoms with Crippen LogP contribution in [0.5, 0.6) is 0 Å². The molecule has 4 rings (SSSR count). The Labute approximate surface area is 201 Å². The molecule has 0 spiro atoms. The molecule has 0 radical (unpaired) electrons. The Hall–Kier alpha value is -2.59. The van der Waals surface area contributed by atoms with Gasteiger partial charge in [-0.1, -0.05) is 62.4 Å². The molecule has 0 saturated carbocycles. The third-order valence-corrected chi connectivity index (χ3v) is 5.99. The van der Waals surface area contributed by atoms with E-state index < -0.39 is 0 Å². The fourth-order valence-electron chi connectivity index (χ4n) is 3.25. The van der Waals surface area contributed by atoms with Crippen LogP contribution in [0.15, 0.2) is 48.5 Å². The van der Waals surface area contributed by atoms with Gasteiger partial charge in [-0.15, -0.1) is 22.6 Å². The zero-order valence-electron chi connectivity index (χ0n) is 17.3. The summed E-state index contributed by atoms with van der Waals surface area (Å²) in [6.45, 7) is 4.90. The van der Waals surface area contributed by atoms with Crippen molar-refractivity contribution in [2.24, 2.45) is 0 Å². The van der Waals surface area contributed by atoms with Crippen LogP contribution in [-0.2, 0) is 19.4 Å². The van der Waals surface area contributed by atoms with Crippen LogP contribution < -0.4 is 5.32 Å². The molecule has 0 aliphatic carbocycles. The van der Waals surface area contributed by atoms with E-state index in [0.717, 1.165) is 50.4 Å². The van der Waals surface area contributed by atoms with Crippen LogP contribution in [0.3, 0.4) is 0 Å². The molecule has 0 atom stereocenters. The van der Waals surface area contributed by atoms with Crippen molar-refractivity contribution in [2.45, 2.75) is 33.2 Å². The van der Waals surface area contributed by atoms with E-state index in [-0.39, 0.29) is 12.4 Å². The van der Waals surface area contributed by atoms with E-state index >= 15 is 0 Å². The highest BCUT2D eigenvalue weighted by molar-refractivity contribution is 14.1. The average Bonchev–Trinajstić information content (AvgIpc) is 3.33. The van der Waals surface area contributed by atoms with Crippen molar-refractivity contribution in [1.82, 2.24) is 30.6 Å². The molecule has 160 valence electrons. The Kier molecular flexibility index (Phi) is 7.91. The minimum atomic E-state index is 0. The Morgan fingerprint density at radius 2 is 1.68 bits per heavy atom. The minimum Gasteiger partial charge on any atom is -0.365 e. The molecule has 0 aliphatic rings. The van der Waals surface area contributed by atoms with Crippen molar-refractivity contribution in [3.63, 3.8) is 0 Å². The van der Waals surface area contributed by atoms with Gasteiger partial charge in [0.05, 0.1) is 9.26 Å². The van der Waals surface area contributed by atoms with Crippen LogP contribution in [0.1, 0.15) is 30.9 Å². The number of aromatic nitrogens is 6.